The number of nitrogens with zero attached hydrogens (tertiary/aromatic N) is 4. The van der Waals surface area contributed by atoms with Crippen molar-refractivity contribution < 1.29 is 8.42 Å². The van der Waals surface area contributed by atoms with Gasteiger partial charge in [0.2, 0.25) is 10.0 Å². The maximum absolute atomic E-state index is 12.2. The van der Waals surface area contributed by atoms with Gasteiger partial charge in [-0.05, 0) is 20.3 Å². The van der Waals surface area contributed by atoms with Crippen molar-refractivity contribution in [1.29, 1.82) is 0 Å². The fraction of sp³-hybridized carbons (Fsp3) is 0.714. The zero-order valence-electron chi connectivity index (χ0n) is 13.0. The van der Waals surface area contributed by atoms with Crippen molar-refractivity contribution in [3.05, 3.63) is 17.6 Å². The summed E-state index contributed by atoms with van der Waals surface area (Å²) in [5.74, 6) is 1.91. The lowest BCUT2D eigenvalue weighted by Gasteiger charge is -2.34. The van der Waals surface area contributed by atoms with Gasteiger partial charge in [0.15, 0.2) is 0 Å². The summed E-state index contributed by atoms with van der Waals surface area (Å²) >= 11 is 0. The van der Waals surface area contributed by atoms with Gasteiger partial charge in [0.1, 0.15) is 11.6 Å². The Hall–Kier alpha value is -1.21. The summed E-state index contributed by atoms with van der Waals surface area (Å²) < 4.78 is 26.0. The van der Waals surface area contributed by atoms with Crippen molar-refractivity contribution in [1.82, 2.24) is 14.3 Å². The molecule has 0 amide bonds. The molecule has 2 rings (SSSR count). The van der Waals surface area contributed by atoms with Gasteiger partial charge in [-0.3, -0.25) is 0 Å². The normalized spacial score (nSPS) is 17.2. The van der Waals surface area contributed by atoms with Crippen molar-refractivity contribution >= 4 is 15.8 Å². The summed E-state index contributed by atoms with van der Waals surface area (Å²) in [4.78, 5) is 10.8. The number of hydrogen-bond donors (Lipinski definition) is 0. The highest BCUT2D eigenvalue weighted by Crippen LogP contribution is 2.17. The summed E-state index contributed by atoms with van der Waals surface area (Å²) in [7, 11) is -3.09. The van der Waals surface area contributed by atoms with Gasteiger partial charge < -0.3 is 4.90 Å². The van der Waals surface area contributed by atoms with Crippen LogP contribution in [-0.2, 0) is 10.0 Å². The highest BCUT2D eigenvalue weighted by molar-refractivity contribution is 7.89. The van der Waals surface area contributed by atoms with Crippen LogP contribution in [0.2, 0.25) is 0 Å². The first-order valence-corrected chi connectivity index (χ1v) is 9.08. The van der Waals surface area contributed by atoms with E-state index in [1.165, 1.54) is 0 Å². The van der Waals surface area contributed by atoms with Gasteiger partial charge in [0.25, 0.3) is 0 Å². The monoisotopic (exact) mass is 312 g/mol. The van der Waals surface area contributed by atoms with Crippen LogP contribution in [-0.4, -0.2) is 54.6 Å². The minimum absolute atomic E-state index is 0.259. The Kier molecular flexibility index (Phi) is 5.16. The average Bonchev–Trinajstić information content (AvgIpc) is 2.44. The van der Waals surface area contributed by atoms with E-state index in [1.54, 1.807) is 4.31 Å². The van der Waals surface area contributed by atoms with Gasteiger partial charge in [-0.1, -0.05) is 13.3 Å². The van der Waals surface area contributed by atoms with Crippen LogP contribution in [0, 0.1) is 13.8 Å². The lowest BCUT2D eigenvalue weighted by Crippen LogP contribution is -2.49. The summed E-state index contributed by atoms with van der Waals surface area (Å²) in [6, 6.07) is 1.95. The summed E-state index contributed by atoms with van der Waals surface area (Å²) in [5, 5.41) is 0. The van der Waals surface area contributed by atoms with E-state index in [-0.39, 0.29) is 5.75 Å². The molecule has 0 atom stereocenters. The molecule has 1 aromatic heterocycles. The molecule has 21 heavy (non-hydrogen) atoms. The Balaban J connectivity index is 2.00. The third-order valence-corrected chi connectivity index (χ3v) is 5.62. The molecule has 0 spiro atoms. The Morgan fingerprint density at radius 2 is 1.81 bits per heavy atom. The molecule has 0 unspecified atom stereocenters. The molecule has 1 aromatic rings. The van der Waals surface area contributed by atoms with E-state index >= 15 is 0 Å². The topological polar surface area (TPSA) is 66.4 Å². The number of anilines is 1. The van der Waals surface area contributed by atoms with Gasteiger partial charge in [-0.2, -0.15) is 4.31 Å². The maximum atomic E-state index is 12.2. The molecule has 0 N–H and O–H groups in total. The fourth-order valence-corrected chi connectivity index (χ4v) is 4.14. The predicted octanol–water partition coefficient (Wildman–Crippen LogP) is 1.35. The van der Waals surface area contributed by atoms with E-state index in [9.17, 15) is 8.42 Å². The fourth-order valence-electron chi connectivity index (χ4n) is 2.51. The van der Waals surface area contributed by atoms with E-state index in [2.05, 4.69) is 14.9 Å². The molecule has 0 aliphatic carbocycles. The molecule has 1 aliphatic rings. The molecule has 0 radical (unpaired) electrons. The number of aryl methyl sites for hydroxylation is 2. The first-order chi connectivity index (χ1) is 9.92. The minimum atomic E-state index is -3.09. The van der Waals surface area contributed by atoms with Crippen LogP contribution in [0.4, 0.5) is 5.82 Å². The lowest BCUT2D eigenvalue weighted by atomic mass is 10.3. The molecule has 1 saturated heterocycles. The van der Waals surface area contributed by atoms with E-state index < -0.39 is 10.0 Å². The Morgan fingerprint density at radius 3 is 2.38 bits per heavy atom. The SMILES string of the molecule is CCCCS(=O)(=O)N1CCN(c2cc(C)nc(C)n2)CC1. The number of sulfonamides is 1. The van der Waals surface area contributed by atoms with Gasteiger partial charge >= 0.3 is 0 Å². The van der Waals surface area contributed by atoms with E-state index in [1.807, 2.05) is 26.8 Å². The average molecular weight is 312 g/mol. The van der Waals surface area contributed by atoms with Crippen LogP contribution >= 0.6 is 0 Å². The molecule has 6 nitrogen and oxygen atoms in total. The number of unbranched alkanes of at least 4 members (excludes halogenated alkanes) is 1. The second-order valence-electron chi connectivity index (χ2n) is 5.47. The van der Waals surface area contributed by atoms with Crippen LogP contribution in [0.3, 0.4) is 0 Å². The molecule has 0 aromatic carbocycles. The zero-order chi connectivity index (χ0) is 15.5. The van der Waals surface area contributed by atoms with Crippen molar-refractivity contribution in [2.24, 2.45) is 0 Å². The molecule has 1 fully saturated rings. The lowest BCUT2D eigenvalue weighted by molar-refractivity contribution is 0.383. The molecule has 2 heterocycles. The number of aromatic nitrogens is 2. The largest absolute Gasteiger partial charge is 0.354 e. The maximum Gasteiger partial charge on any atom is 0.214 e. The molecule has 7 heteroatoms. The van der Waals surface area contributed by atoms with Crippen molar-refractivity contribution in [3.63, 3.8) is 0 Å². The minimum Gasteiger partial charge on any atom is -0.354 e. The smallest absolute Gasteiger partial charge is 0.214 e. The summed E-state index contributed by atoms with van der Waals surface area (Å²) in [6.07, 6.45) is 1.63. The molecule has 1 aliphatic heterocycles. The van der Waals surface area contributed by atoms with Crippen LogP contribution in [0.5, 0.6) is 0 Å². The molecular formula is C14H24N4O2S. The van der Waals surface area contributed by atoms with Crippen LogP contribution in [0.15, 0.2) is 6.07 Å². The Bertz CT molecular complexity index is 560. The first-order valence-electron chi connectivity index (χ1n) is 7.47. The standard InChI is InChI=1S/C14H24N4O2S/c1-4-5-10-21(19,20)18-8-6-17(7-9-18)14-11-12(2)15-13(3)16-14/h11H,4-10H2,1-3H3. The second kappa shape index (κ2) is 6.70. The number of piperazine rings is 1. The van der Waals surface area contributed by atoms with Crippen LogP contribution in [0.25, 0.3) is 0 Å². The van der Waals surface area contributed by atoms with Gasteiger partial charge in [0.05, 0.1) is 5.75 Å². The van der Waals surface area contributed by atoms with E-state index in [0.717, 1.165) is 30.2 Å². The van der Waals surface area contributed by atoms with Gasteiger partial charge in [-0.15, -0.1) is 0 Å². The quantitative estimate of drug-likeness (QED) is 0.821. The van der Waals surface area contributed by atoms with Gasteiger partial charge in [-0.25, -0.2) is 18.4 Å². The summed E-state index contributed by atoms with van der Waals surface area (Å²) in [6.45, 7) is 8.27. The highest BCUT2D eigenvalue weighted by Gasteiger charge is 2.26. The molecule has 0 saturated carbocycles. The molecule has 118 valence electrons. The second-order valence-corrected chi connectivity index (χ2v) is 7.56. The number of rotatable bonds is 5. The van der Waals surface area contributed by atoms with Crippen LogP contribution < -0.4 is 4.90 Å². The molecular weight excluding hydrogens is 288 g/mol. The predicted molar refractivity (Wildman–Crippen MR) is 84.0 cm³/mol. The summed E-state index contributed by atoms with van der Waals surface area (Å²) in [5.41, 5.74) is 0.940. The highest BCUT2D eigenvalue weighted by atomic mass is 32.2. The Labute approximate surface area is 127 Å². The molecule has 0 bridgehead atoms. The zero-order valence-corrected chi connectivity index (χ0v) is 13.9. The third-order valence-electron chi connectivity index (χ3n) is 3.66. The van der Waals surface area contributed by atoms with Crippen molar-refractivity contribution in [2.75, 3.05) is 36.8 Å². The number of hydrogen-bond acceptors (Lipinski definition) is 5. The van der Waals surface area contributed by atoms with Crippen molar-refractivity contribution in [2.45, 2.75) is 33.6 Å². The third kappa shape index (κ3) is 4.14. The van der Waals surface area contributed by atoms with Crippen molar-refractivity contribution in [3.8, 4) is 0 Å². The van der Waals surface area contributed by atoms with E-state index in [0.29, 0.717) is 26.2 Å². The Morgan fingerprint density at radius 1 is 1.14 bits per heavy atom. The van der Waals surface area contributed by atoms with Crippen LogP contribution in [0.1, 0.15) is 31.3 Å². The first kappa shape index (κ1) is 16.2. The van der Waals surface area contributed by atoms with Gasteiger partial charge in [0, 0.05) is 37.9 Å². The van der Waals surface area contributed by atoms with E-state index in [4.69, 9.17) is 0 Å².